The fourth-order valence-electron chi connectivity index (χ4n) is 5.78. The van der Waals surface area contributed by atoms with Gasteiger partial charge in [-0.05, 0) is 84.6 Å². The normalized spacial score (nSPS) is 11.8. The van der Waals surface area contributed by atoms with Crippen molar-refractivity contribution in [1.29, 1.82) is 0 Å². The number of ether oxygens (including phenoxy) is 4. The van der Waals surface area contributed by atoms with E-state index in [4.69, 9.17) is 30.4 Å². The number of rotatable bonds is 22. The summed E-state index contributed by atoms with van der Waals surface area (Å²) in [5.41, 5.74) is 7.36. The number of nitrogens with zero attached hydrogens (tertiary/aromatic N) is 2. The molecule has 0 saturated heterocycles. The van der Waals surface area contributed by atoms with E-state index in [0.717, 1.165) is 20.9 Å². The van der Waals surface area contributed by atoms with E-state index in [1.54, 1.807) is 36.4 Å². The summed E-state index contributed by atoms with van der Waals surface area (Å²) >= 11 is 0. The van der Waals surface area contributed by atoms with E-state index >= 15 is 0 Å². The minimum absolute atomic E-state index is 0. The number of methoxy groups -OCH3 is 4. The third kappa shape index (κ3) is 17.1. The maximum atomic E-state index is 12.4. The summed E-state index contributed by atoms with van der Waals surface area (Å²) < 4.78 is 85.2. The van der Waals surface area contributed by atoms with Gasteiger partial charge in [0.05, 0.1) is 28.4 Å². The number of anilines is 2. The second-order valence-electron chi connectivity index (χ2n) is 13.3. The zero-order chi connectivity index (χ0) is 47.8. The Balaban J connectivity index is 0.000000440. The van der Waals surface area contributed by atoms with Crippen LogP contribution in [0.1, 0.15) is 31.8 Å². The first-order valence-corrected chi connectivity index (χ1v) is 21.7. The molecule has 0 aromatic heterocycles. The van der Waals surface area contributed by atoms with Crippen LogP contribution >= 0.6 is 0 Å². The fraction of sp³-hybridized carbons (Fsp3) is 0.300. The van der Waals surface area contributed by atoms with Gasteiger partial charge >= 0.3 is 58.0 Å². The van der Waals surface area contributed by atoms with Gasteiger partial charge in [0, 0.05) is 35.6 Å². The Labute approximate surface area is 405 Å². The van der Waals surface area contributed by atoms with E-state index in [9.17, 15) is 55.3 Å². The van der Waals surface area contributed by atoms with E-state index in [1.807, 2.05) is 0 Å². The zero-order valence-corrected chi connectivity index (χ0v) is 36.7. The Morgan fingerprint density at radius 3 is 1.20 bits per heavy atom. The molecule has 0 radical (unpaired) electrons. The number of primary amides is 2. The summed E-state index contributed by atoms with van der Waals surface area (Å²) in [5.74, 6) is -0.627. The first-order valence-electron chi connectivity index (χ1n) is 18.7. The van der Waals surface area contributed by atoms with E-state index in [0.29, 0.717) is 35.8 Å². The molecule has 65 heavy (non-hydrogen) atoms. The summed E-state index contributed by atoms with van der Waals surface area (Å²) in [6.07, 6.45) is 0.869. The Morgan fingerprint density at radius 2 is 0.908 bits per heavy atom. The van der Waals surface area contributed by atoms with Gasteiger partial charge in [0.1, 0.15) is 13.1 Å². The van der Waals surface area contributed by atoms with Crippen LogP contribution in [0.2, 0.25) is 0 Å². The third-order valence-corrected chi connectivity index (χ3v) is 10.6. The molecule has 0 saturated carbocycles. The molecule has 10 N–H and O–H groups in total. The Kier molecular flexibility index (Phi) is 22.2. The van der Waals surface area contributed by atoms with Crippen molar-refractivity contribution in [3.63, 3.8) is 0 Å². The van der Waals surface area contributed by atoms with Crippen molar-refractivity contribution in [2.75, 3.05) is 64.4 Å². The molecule has 4 aromatic rings. The third-order valence-electron chi connectivity index (χ3n) is 8.99. The number of nitrogens with two attached hydrogens (primary N) is 2. The zero-order valence-electron chi connectivity index (χ0n) is 35.0. The molecular formula is C40H52CaN6O16S2. The molecular weight excluding hydrogens is 925 g/mol. The van der Waals surface area contributed by atoms with Gasteiger partial charge < -0.3 is 61.1 Å². The predicted octanol–water partition coefficient (Wildman–Crippen LogP) is -0.653. The molecule has 4 rings (SSSR count). The van der Waals surface area contributed by atoms with Gasteiger partial charge in [-0.1, -0.05) is 24.3 Å². The average Bonchev–Trinajstić information content (AvgIpc) is 3.26. The van der Waals surface area contributed by atoms with Crippen molar-refractivity contribution >= 4 is 93.0 Å². The summed E-state index contributed by atoms with van der Waals surface area (Å²) in [4.78, 5) is 49.1. The number of nitrogens with one attached hydrogen (secondary N) is 2. The molecule has 0 fully saturated rings. The van der Waals surface area contributed by atoms with Gasteiger partial charge in [0.2, 0.25) is 23.6 Å². The second-order valence-corrected chi connectivity index (χ2v) is 16.2. The Hall–Kier alpha value is -5.44. The monoisotopic (exact) mass is 976 g/mol. The number of amides is 4. The number of benzene rings is 4. The summed E-state index contributed by atoms with van der Waals surface area (Å²) in [6.45, 7) is -0.832. The summed E-state index contributed by atoms with van der Waals surface area (Å²) in [5, 5.41) is 25.3. The summed E-state index contributed by atoms with van der Waals surface area (Å²) in [7, 11) is -3.85. The van der Waals surface area contributed by atoms with Crippen LogP contribution in [-0.2, 0) is 42.7 Å². The number of carbonyl (C=O) groups is 4. The second kappa shape index (κ2) is 25.9. The van der Waals surface area contributed by atoms with Crippen molar-refractivity contribution < 1.29 is 74.3 Å². The Morgan fingerprint density at radius 1 is 0.569 bits per heavy atom. The van der Waals surface area contributed by atoms with Crippen LogP contribution in [-0.4, -0.2) is 163 Å². The van der Waals surface area contributed by atoms with E-state index in [2.05, 4.69) is 10.6 Å². The number of carbonyl (C=O) groups excluding carboxylic acids is 4. The van der Waals surface area contributed by atoms with Crippen molar-refractivity contribution in [3.8, 4) is 23.0 Å². The Bertz CT molecular complexity index is 2330. The van der Waals surface area contributed by atoms with E-state index < -0.39 is 68.1 Å². The fourth-order valence-corrected chi connectivity index (χ4v) is 6.81. The van der Waals surface area contributed by atoms with Crippen molar-refractivity contribution in [2.24, 2.45) is 11.5 Å². The molecule has 4 amide bonds. The molecule has 0 heterocycles. The number of hydrogen-bond acceptors (Lipinski definition) is 16. The molecule has 4 aromatic carbocycles. The molecule has 0 aliphatic heterocycles. The van der Waals surface area contributed by atoms with Crippen LogP contribution in [0, 0.1) is 0 Å². The molecule has 0 spiro atoms. The topological polar surface area (TPSA) is 337 Å². The van der Waals surface area contributed by atoms with Crippen LogP contribution in [0.5, 0.6) is 23.0 Å². The van der Waals surface area contributed by atoms with Crippen molar-refractivity contribution in [1.82, 2.24) is 10.6 Å². The average molecular weight is 977 g/mol. The van der Waals surface area contributed by atoms with Gasteiger partial charge in [-0.25, -0.2) is 0 Å². The van der Waals surface area contributed by atoms with Gasteiger partial charge in [-0.15, -0.1) is 0 Å². The number of aliphatic hydroxyl groups is 2. The van der Waals surface area contributed by atoms with Crippen LogP contribution in [0.3, 0.4) is 0 Å². The molecule has 2 unspecified atom stereocenters. The van der Waals surface area contributed by atoms with E-state index in [-0.39, 0.29) is 73.3 Å². The van der Waals surface area contributed by atoms with Gasteiger partial charge in [0.15, 0.2) is 23.0 Å². The molecule has 25 heteroatoms. The van der Waals surface area contributed by atoms with Crippen molar-refractivity contribution in [3.05, 3.63) is 107 Å². The first-order chi connectivity index (χ1) is 30.1. The first kappa shape index (κ1) is 55.7. The molecule has 0 aliphatic rings. The number of aliphatic hydroxyl groups excluding tert-OH is 2. The standard InChI is InChI=1S/2C20H25N3O8S.Ca.2H/c2*1-30-16-7-6-13(10-17(16)31-2)8-9-22-18(24)12-23(20(26)32(27,28)29)15-5-3-4-14(11-15)19(21)25;;;/h2*3-7,10-11,20,26H,8-9,12H2,1-2H3,(H2,21,25)(H,22,24)(H,27,28,29);;;. The van der Waals surface area contributed by atoms with Crippen LogP contribution in [0.25, 0.3) is 0 Å². The molecule has 352 valence electrons. The van der Waals surface area contributed by atoms with Crippen LogP contribution in [0.4, 0.5) is 11.4 Å². The van der Waals surface area contributed by atoms with Gasteiger partial charge in [0.25, 0.3) is 11.1 Å². The number of hydrogen-bond donors (Lipinski definition) is 8. The van der Waals surface area contributed by atoms with Crippen LogP contribution in [0.15, 0.2) is 84.9 Å². The maximum absolute atomic E-state index is 12.4. The molecule has 2 atom stereocenters. The minimum atomic E-state index is -4.95. The molecule has 22 nitrogen and oxygen atoms in total. The molecule has 0 bridgehead atoms. The van der Waals surface area contributed by atoms with Gasteiger partial charge in [-0.2, -0.15) is 16.8 Å². The molecule has 0 aliphatic carbocycles. The quantitative estimate of drug-likeness (QED) is 0.0275. The van der Waals surface area contributed by atoms with Crippen molar-refractivity contribution in [2.45, 2.75) is 24.0 Å². The van der Waals surface area contributed by atoms with Crippen LogP contribution < -0.4 is 50.8 Å². The van der Waals surface area contributed by atoms with E-state index in [1.165, 1.54) is 77.0 Å². The summed E-state index contributed by atoms with van der Waals surface area (Å²) in [6, 6.07) is 21.3. The van der Waals surface area contributed by atoms with Gasteiger partial charge in [-0.3, -0.25) is 28.3 Å². The SMILES string of the molecule is COc1ccc(CCNC(=O)CN(c2cccc(C(N)=O)c2)C(O)S(=O)(=O)O)cc1OC.COc1ccc(CCNC(=O)CN(c2cccc(C(N)=O)c2)C(O)S(=O)(=O)O)cc1OC.[CaH2]. The predicted molar refractivity (Wildman–Crippen MR) is 241 cm³/mol.